The number of rotatable bonds is 0. The summed E-state index contributed by atoms with van der Waals surface area (Å²) in [7, 11) is 0. The first-order chi connectivity index (χ1) is 5.82. The van der Waals surface area contributed by atoms with Gasteiger partial charge in [-0.05, 0) is 28.1 Å². The molecule has 0 nitrogen and oxygen atoms in total. The molecule has 1 aromatic rings. The SMILES string of the molecule is FC(F)(F)c1cc(Cl)cc(Cl)c1Br. The molecule has 0 aliphatic carbocycles. The standard InChI is InChI=1S/C7H2BrCl2F3/c8-6-4(7(11,12)13)1-3(9)2-5(6)10/h1-2H. The van der Waals surface area contributed by atoms with Crippen LogP contribution >= 0.6 is 39.1 Å². The van der Waals surface area contributed by atoms with E-state index in [4.69, 9.17) is 23.2 Å². The third-order valence-corrected chi connectivity index (χ3v) is 2.90. The minimum absolute atomic E-state index is 0.0412. The van der Waals surface area contributed by atoms with Crippen molar-refractivity contribution < 1.29 is 13.2 Å². The van der Waals surface area contributed by atoms with Crippen molar-refractivity contribution in [3.8, 4) is 0 Å². The molecule has 0 spiro atoms. The number of halogens is 6. The molecule has 0 unspecified atom stereocenters. The summed E-state index contributed by atoms with van der Waals surface area (Å²) in [6.45, 7) is 0. The van der Waals surface area contributed by atoms with E-state index in [-0.39, 0.29) is 14.5 Å². The molecular formula is C7H2BrCl2F3. The van der Waals surface area contributed by atoms with Crippen LogP contribution in [0.4, 0.5) is 13.2 Å². The fraction of sp³-hybridized carbons (Fsp3) is 0.143. The quantitative estimate of drug-likeness (QED) is 0.604. The normalized spacial score (nSPS) is 11.8. The van der Waals surface area contributed by atoms with Gasteiger partial charge in [-0.1, -0.05) is 23.2 Å². The van der Waals surface area contributed by atoms with Gasteiger partial charge in [-0.2, -0.15) is 13.2 Å². The van der Waals surface area contributed by atoms with Crippen molar-refractivity contribution in [3.63, 3.8) is 0 Å². The molecule has 0 saturated heterocycles. The molecule has 1 aromatic carbocycles. The Kier molecular flexibility index (Phi) is 3.15. The van der Waals surface area contributed by atoms with Gasteiger partial charge in [-0.25, -0.2) is 0 Å². The summed E-state index contributed by atoms with van der Waals surface area (Å²) in [6.07, 6.45) is -4.45. The average molecular weight is 294 g/mol. The lowest BCUT2D eigenvalue weighted by atomic mass is 10.2. The number of alkyl halides is 3. The summed E-state index contributed by atoms with van der Waals surface area (Å²) in [4.78, 5) is 0. The van der Waals surface area contributed by atoms with Crippen molar-refractivity contribution in [1.82, 2.24) is 0 Å². The van der Waals surface area contributed by atoms with Crippen molar-refractivity contribution in [3.05, 3.63) is 32.2 Å². The van der Waals surface area contributed by atoms with Gasteiger partial charge in [0.05, 0.1) is 10.6 Å². The second-order valence-corrected chi connectivity index (χ2v) is 3.88. The van der Waals surface area contributed by atoms with E-state index in [2.05, 4.69) is 15.9 Å². The van der Waals surface area contributed by atoms with E-state index in [0.29, 0.717) is 0 Å². The van der Waals surface area contributed by atoms with Crippen molar-refractivity contribution in [2.45, 2.75) is 6.18 Å². The molecule has 72 valence electrons. The maximum absolute atomic E-state index is 12.3. The van der Waals surface area contributed by atoms with Crippen LogP contribution in [0.15, 0.2) is 16.6 Å². The van der Waals surface area contributed by atoms with Gasteiger partial charge in [0.2, 0.25) is 0 Å². The highest BCUT2D eigenvalue weighted by molar-refractivity contribution is 9.10. The van der Waals surface area contributed by atoms with E-state index in [1.165, 1.54) is 6.07 Å². The summed E-state index contributed by atoms with van der Waals surface area (Å²) in [5, 5.41) is -0.0969. The molecule has 0 radical (unpaired) electrons. The van der Waals surface area contributed by atoms with Crippen molar-refractivity contribution in [2.75, 3.05) is 0 Å². The van der Waals surface area contributed by atoms with Crippen LogP contribution in [0, 0.1) is 0 Å². The van der Waals surface area contributed by atoms with Crippen LogP contribution in [0.1, 0.15) is 5.56 Å². The van der Waals surface area contributed by atoms with E-state index in [1.54, 1.807) is 0 Å². The van der Waals surface area contributed by atoms with Gasteiger partial charge in [0.15, 0.2) is 0 Å². The van der Waals surface area contributed by atoms with Crippen LogP contribution in [-0.2, 0) is 6.18 Å². The smallest absolute Gasteiger partial charge is 0.166 e. The van der Waals surface area contributed by atoms with E-state index in [1.807, 2.05) is 0 Å². The van der Waals surface area contributed by atoms with Gasteiger partial charge in [-0.3, -0.25) is 0 Å². The average Bonchev–Trinajstić information content (AvgIpc) is 1.94. The van der Waals surface area contributed by atoms with Crippen molar-refractivity contribution >= 4 is 39.1 Å². The van der Waals surface area contributed by atoms with Gasteiger partial charge in [0, 0.05) is 9.50 Å². The van der Waals surface area contributed by atoms with Crippen molar-refractivity contribution in [2.24, 2.45) is 0 Å². The molecule has 0 aliphatic heterocycles. The monoisotopic (exact) mass is 292 g/mol. The van der Waals surface area contributed by atoms with Gasteiger partial charge in [-0.15, -0.1) is 0 Å². The first kappa shape index (κ1) is 11.1. The Morgan fingerprint density at radius 3 is 2.15 bits per heavy atom. The zero-order valence-electron chi connectivity index (χ0n) is 5.92. The number of benzene rings is 1. The van der Waals surface area contributed by atoms with Crippen LogP contribution in [0.25, 0.3) is 0 Å². The van der Waals surface area contributed by atoms with Crippen LogP contribution < -0.4 is 0 Å². The number of hydrogen-bond donors (Lipinski definition) is 0. The number of hydrogen-bond acceptors (Lipinski definition) is 0. The summed E-state index contributed by atoms with van der Waals surface area (Å²) in [5.74, 6) is 0. The van der Waals surface area contributed by atoms with Crippen LogP contribution in [-0.4, -0.2) is 0 Å². The third-order valence-electron chi connectivity index (χ3n) is 1.30. The highest BCUT2D eigenvalue weighted by Gasteiger charge is 2.34. The molecule has 0 heterocycles. The lowest BCUT2D eigenvalue weighted by Gasteiger charge is -2.10. The lowest BCUT2D eigenvalue weighted by molar-refractivity contribution is -0.138. The third kappa shape index (κ3) is 2.51. The molecule has 0 atom stereocenters. The van der Waals surface area contributed by atoms with Crippen LogP contribution in [0.2, 0.25) is 10.0 Å². The topological polar surface area (TPSA) is 0 Å². The minimum Gasteiger partial charge on any atom is -0.166 e. The largest absolute Gasteiger partial charge is 0.417 e. The Balaban J connectivity index is 3.37. The Morgan fingerprint density at radius 1 is 1.15 bits per heavy atom. The molecule has 0 N–H and O–H groups in total. The van der Waals surface area contributed by atoms with E-state index in [9.17, 15) is 13.2 Å². The second-order valence-electron chi connectivity index (χ2n) is 2.25. The van der Waals surface area contributed by atoms with Gasteiger partial charge < -0.3 is 0 Å². The highest BCUT2D eigenvalue weighted by atomic mass is 79.9. The molecule has 0 aromatic heterocycles. The molecule has 0 amide bonds. The predicted molar refractivity (Wildman–Crippen MR) is 49.2 cm³/mol. The molecule has 0 fully saturated rings. The van der Waals surface area contributed by atoms with Gasteiger partial charge in [0.1, 0.15) is 0 Å². The first-order valence-corrected chi connectivity index (χ1v) is 4.59. The summed E-state index contributed by atoms with van der Waals surface area (Å²) < 4.78 is 36.6. The summed E-state index contributed by atoms with van der Waals surface area (Å²) in [6, 6.07) is 2.06. The molecular weight excluding hydrogens is 292 g/mol. The minimum atomic E-state index is -4.45. The Bertz CT molecular complexity index is 335. The zero-order chi connectivity index (χ0) is 10.2. The van der Waals surface area contributed by atoms with Crippen molar-refractivity contribution in [1.29, 1.82) is 0 Å². The Hall–Kier alpha value is 0.0700. The summed E-state index contributed by atoms with van der Waals surface area (Å²) >= 11 is 13.7. The molecule has 0 saturated carbocycles. The maximum Gasteiger partial charge on any atom is 0.417 e. The molecule has 13 heavy (non-hydrogen) atoms. The highest BCUT2D eigenvalue weighted by Crippen LogP contribution is 2.40. The van der Waals surface area contributed by atoms with Crippen LogP contribution in [0.5, 0.6) is 0 Å². The van der Waals surface area contributed by atoms with E-state index in [0.717, 1.165) is 6.07 Å². The fourth-order valence-corrected chi connectivity index (χ4v) is 1.71. The molecule has 6 heteroatoms. The first-order valence-electron chi connectivity index (χ1n) is 3.04. The summed E-state index contributed by atoms with van der Waals surface area (Å²) in [5.41, 5.74) is -0.870. The lowest BCUT2D eigenvalue weighted by Crippen LogP contribution is -2.06. The Labute approximate surface area is 90.8 Å². The fourth-order valence-electron chi connectivity index (χ4n) is 0.762. The van der Waals surface area contributed by atoms with E-state index >= 15 is 0 Å². The van der Waals surface area contributed by atoms with Gasteiger partial charge in [0.25, 0.3) is 0 Å². The second kappa shape index (κ2) is 3.67. The molecule has 0 bridgehead atoms. The van der Waals surface area contributed by atoms with E-state index < -0.39 is 11.7 Å². The zero-order valence-corrected chi connectivity index (χ0v) is 9.02. The van der Waals surface area contributed by atoms with Gasteiger partial charge >= 0.3 is 6.18 Å². The van der Waals surface area contributed by atoms with Crippen LogP contribution in [0.3, 0.4) is 0 Å². The molecule has 1 rings (SSSR count). The predicted octanol–water partition coefficient (Wildman–Crippen LogP) is 4.77. The molecule has 0 aliphatic rings. The Morgan fingerprint density at radius 2 is 1.69 bits per heavy atom. The maximum atomic E-state index is 12.3.